The minimum absolute atomic E-state index is 0.347. The summed E-state index contributed by atoms with van der Waals surface area (Å²) in [7, 11) is 0. The second-order valence-electron chi connectivity index (χ2n) is 5.47. The van der Waals surface area contributed by atoms with Gasteiger partial charge < -0.3 is 4.74 Å². The third-order valence-corrected chi connectivity index (χ3v) is 4.78. The molecule has 0 radical (unpaired) electrons. The van der Waals surface area contributed by atoms with Crippen molar-refractivity contribution in [3.63, 3.8) is 0 Å². The number of ether oxygens (including phenoxy) is 1. The first-order chi connectivity index (χ1) is 10.3. The number of benzene rings is 2. The van der Waals surface area contributed by atoms with E-state index in [9.17, 15) is 0 Å². The molecule has 0 saturated carbocycles. The van der Waals surface area contributed by atoms with Crippen molar-refractivity contribution in [2.24, 2.45) is 0 Å². The van der Waals surface area contributed by atoms with Crippen molar-refractivity contribution in [3.05, 3.63) is 60.2 Å². The lowest BCUT2D eigenvalue weighted by Gasteiger charge is -2.31. The first-order valence-corrected chi connectivity index (χ1v) is 8.28. The molecule has 0 bridgehead atoms. The van der Waals surface area contributed by atoms with Gasteiger partial charge in [0.25, 0.3) is 0 Å². The predicted molar refractivity (Wildman–Crippen MR) is 88.7 cm³/mol. The molecule has 0 spiro atoms. The molecular formula is C18H21NOS. The highest BCUT2D eigenvalue weighted by Crippen LogP contribution is 2.27. The van der Waals surface area contributed by atoms with Gasteiger partial charge in [-0.2, -0.15) is 0 Å². The number of hydrogen-bond donors (Lipinski definition) is 0. The fraction of sp³-hybridized carbons (Fsp3) is 0.333. The van der Waals surface area contributed by atoms with Crippen LogP contribution in [0.25, 0.3) is 0 Å². The molecule has 2 aromatic carbocycles. The number of rotatable bonds is 4. The molecule has 2 aromatic rings. The maximum atomic E-state index is 6.10. The van der Waals surface area contributed by atoms with Crippen molar-refractivity contribution in [2.45, 2.75) is 30.8 Å². The number of nitrogens with zero attached hydrogens (tertiary/aromatic N) is 1. The molecule has 0 atom stereocenters. The third kappa shape index (κ3) is 4.26. The van der Waals surface area contributed by atoms with Crippen LogP contribution in [0.1, 0.15) is 18.4 Å². The fourth-order valence-corrected chi connectivity index (χ4v) is 3.52. The molecule has 0 unspecified atom stereocenters. The molecule has 1 saturated heterocycles. The molecular weight excluding hydrogens is 278 g/mol. The van der Waals surface area contributed by atoms with Gasteiger partial charge in [0.05, 0.1) is 0 Å². The molecule has 0 aliphatic carbocycles. The monoisotopic (exact) mass is 299 g/mol. The van der Waals surface area contributed by atoms with Crippen LogP contribution in [0, 0.1) is 6.92 Å². The Hall–Kier alpha value is -1.45. The molecule has 0 amide bonds. The van der Waals surface area contributed by atoms with Gasteiger partial charge in [-0.15, -0.1) is 0 Å². The Kier molecular flexibility index (Phi) is 4.84. The summed E-state index contributed by atoms with van der Waals surface area (Å²) in [6.07, 6.45) is 2.53. The molecule has 3 heteroatoms. The molecule has 1 heterocycles. The lowest BCUT2D eigenvalue weighted by molar-refractivity contribution is 0.139. The molecule has 1 aliphatic heterocycles. The third-order valence-electron chi connectivity index (χ3n) is 3.67. The summed E-state index contributed by atoms with van der Waals surface area (Å²) in [6, 6.07) is 18.9. The summed E-state index contributed by atoms with van der Waals surface area (Å²) in [5, 5.41) is 0. The van der Waals surface area contributed by atoms with E-state index < -0.39 is 0 Å². The maximum Gasteiger partial charge on any atom is 0.119 e. The number of piperidine rings is 1. The molecule has 1 fully saturated rings. The summed E-state index contributed by atoms with van der Waals surface area (Å²) in [4.78, 5) is 1.32. The average molecular weight is 299 g/mol. The zero-order chi connectivity index (χ0) is 14.5. The van der Waals surface area contributed by atoms with Crippen molar-refractivity contribution < 1.29 is 4.74 Å². The Balaban J connectivity index is 1.49. The van der Waals surface area contributed by atoms with Crippen LogP contribution < -0.4 is 4.74 Å². The minimum Gasteiger partial charge on any atom is -0.490 e. The van der Waals surface area contributed by atoms with Crippen LogP contribution in [-0.4, -0.2) is 23.5 Å². The summed E-state index contributed by atoms with van der Waals surface area (Å²) >= 11 is 1.85. The van der Waals surface area contributed by atoms with E-state index in [-0.39, 0.29) is 0 Å². The molecule has 1 aliphatic rings. The smallest absolute Gasteiger partial charge is 0.119 e. The minimum atomic E-state index is 0.347. The van der Waals surface area contributed by atoms with E-state index in [4.69, 9.17) is 4.74 Å². The van der Waals surface area contributed by atoms with Crippen LogP contribution in [0.4, 0.5) is 0 Å². The van der Waals surface area contributed by atoms with Crippen molar-refractivity contribution in [2.75, 3.05) is 13.1 Å². The van der Waals surface area contributed by atoms with Gasteiger partial charge in [0, 0.05) is 18.0 Å². The normalized spacial score (nSPS) is 16.8. The number of hydrogen-bond acceptors (Lipinski definition) is 3. The fourth-order valence-electron chi connectivity index (χ4n) is 2.55. The van der Waals surface area contributed by atoms with Gasteiger partial charge in [-0.05, 0) is 61.5 Å². The summed E-state index contributed by atoms with van der Waals surface area (Å²) in [5.74, 6) is 1.00. The van der Waals surface area contributed by atoms with Crippen LogP contribution in [0.2, 0.25) is 0 Å². The van der Waals surface area contributed by atoms with E-state index in [0.29, 0.717) is 6.10 Å². The van der Waals surface area contributed by atoms with Crippen LogP contribution in [0.3, 0.4) is 0 Å². The molecule has 0 aromatic heterocycles. The van der Waals surface area contributed by atoms with Gasteiger partial charge in [-0.3, -0.25) is 0 Å². The molecule has 3 rings (SSSR count). The predicted octanol–water partition coefficient (Wildman–Crippen LogP) is 4.55. The summed E-state index contributed by atoms with van der Waals surface area (Å²) < 4.78 is 8.53. The molecule has 110 valence electrons. The van der Waals surface area contributed by atoms with Crippen LogP contribution in [0.15, 0.2) is 59.5 Å². The molecule has 21 heavy (non-hydrogen) atoms. The van der Waals surface area contributed by atoms with Gasteiger partial charge >= 0.3 is 0 Å². The Morgan fingerprint density at radius 2 is 1.76 bits per heavy atom. The Morgan fingerprint density at radius 1 is 1.00 bits per heavy atom. The Bertz CT molecular complexity index is 564. The van der Waals surface area contributed by atoms with E-state index in [1.807, 2.05) is 11.9 Å². The Labute approximate surface area is 131 Å². The second-order valence-corrected chi connectivity index (χ2v) is 6.64. The van der Waals surface area contributed by atoms with Crippen LogP contribution in [-0.2, 0) is 0 Å². The SMILES string of the molecule is Cc1cccc(OC2CCN(Sc3ccccc3)CC2)c1. The van der Waals surface area contributed by atoms with Gasteiger partial charge in [0.15, 0.2) is 0 Å². The van der Waals surface area contributed by atoms with E-state index in [1.165, 1.54) is 10.5 Å². The lowest BCUT2D eigenvalue weighted by atomic mass is 10.1. The van der Waals surface area contributed by atoms with Crippen molar-refractivity contribution in [1.29, 1.82) is 0 Å². The standard InChI is InChI=1S/C18H21NOS/c1-15-6-5-7-17(14-15)20-16-10-12-19(13-11-16)21-18-8-3-2-4-9-18/h2-9,14,16H,10-13H2,1H3. The highest BCUT2D eigenvalue weighted by molar-refractivity contribution is 7.97. The average Bonchev–Trinajstić information content (AvgIpc) is 2.50. The highest BCUT2D eigenvalue weighted by atomic mass is 32.2. The molecule has 0 N–H and O–H groups in total. The Morgan fingerprint density at radius 3 is 2.48 bits per heavy atom. The van der Waals surface area contributed by atoms with Crippen LogP contribution in [0.5, 0.6) is 5.75 Å². The first kappa shape index (κ1) is 14.5. The van der Waals surface area contributed by atoms with Crippen LogP contribution >= 0.6 is 11.9 Å². The quantitative estimate of drug-likeness (QED) is 0.769. The van der Waals surface area contributed by atoms with Crippen molar-refractivity contribution >= 4 is 11.9 Å². The van der Waals surface area contributed by atoms with E-state index in [0.717, 1.165) is 31.7 Å². The van der Waals surface area contributed by atoms with Crippen molar-refractivity contribution in [1.82, 2.24) is 4.31 Å². The van der Waals surface area contributed by atoms with Crippen molar-refractivity contribution in [3.8, 4) is 5.75 Å². The maximum absolute atomic E-state index is 6.10. The zero-order valence-corrected chi connectivity index (χ0v) is 13.2. The topological polar surface area (TPSA) is 12.5 Å². The number of aryl methyl sites for hydroxylation is 1. The van der Waals surface area contributed by atoms with E-state index in [2.05, 4.69) is 65.8 Å². The summed E-state index contributed by atoms with van der Waals surface area (Å²) in [5.41, 5.74) is 1.25. The van der Waals surface area contributed by atoms with E-state index >= 15 is 0 Å². The largest absolute Gasteiger partial charge is 0.490 e. The lowest BCUT2D eigenvalue weighted by Crippen LogP contribution is -2.34. The highest BCUT2D eigenvalue weighted by Gasteiger charge is 2.21. The summed E-state index contributed by atoms with van der Waals surface area (Å²) in [6.45, 7) is 4.26. The van der Waals surface area contributed by atoms with Gasteiger partial charge in [0.2, 0.25) is 0 Å². The van der Waals surface area contributed by atoms with Gasteiger partial charge in [-0.1, -0.05) is 30.3 Å². The second kappa shape index (κ2) is 7.01. The zero-order valence-electron chi connectivity index (χ0n) is 12.4. The first-order valence-electron chi connectivity index (χ1n) is 7.51. The molecule has 2 nitrogen and oxygen atoms in total. The van der Waals surface area contributed by atoms with Gasteiger partial charge in [-0.25, -0.2) is 4.31 Å². The van der Waals surface area contributed by atoms with E-state index in [1.54, 1.807) is 0 Å². The van der Waals surface area contributed by atoms with Gasteiger partial charge in [0.1, 0.15) is 11.9 Å².